The summed E-state index contributed by atoms with van der Waals surface area (Å²) in [4.78, 5) is 11.4. The van der Waals surface area contributed by atoms with Gasteiger partial charge in [-0.15, -0.1) is 0 Å². The van der Waals surface area contributed by atoms with Crippen molar-refractivity contribution >= 4 is 5.97 Å². The zero-order valence-electron chi connectivity index (χ0n) is 21.8. The average Bonchev–Trinajstić information content (AvgIpc) is 3.16. The number of rotatable bonds is 4. The van der Waals surface area contributed by atoms with Gasteiger partial charge in [-0.05, 0) is 122 Å². The van der Waals surface area contributed by atoms with Crippen LogP contribution < -0.4 is 0 Å². The lowest BCUT2D eigenvalue weighted by Crippen LogP contribution is -2.55. The third kappa shape index (κ3) is 4.10. The smallest absolute Gasteiger partial charge is 0.416 e. The molecule has 0 heterocycles. The molecule has 4 saturated carbocycles. The SMILES string of the molecule is C[C@H](CC(=O)O)[C@H]1CC[C@H]2[C@@H]3CC[C@@H]4C[C@](O)(c5ccc(C(F)(F)F)cc5)CC[C@]4(C)[C@H]3CC[C@]12C. The predicted molar refractivity (Wildman–Crippen MR) is 132 cm³/mol. The number of carbonyl (C=O) groups is 1. The Bertz CT molecular complexity index is 990. The minimum atomic E-state index is -4.37. The fraction of sp³-hybridized carbons (Fsp3) is 0.767. The van der Waals surface area contributed by atoms with E-state index in [4.69, 9.17) is 0 Å². The Kier molecular flexibility index (Phi) is 6.33. The van der Waals surface area contributed by atoms with Crippen LogP contribution in [0.1, 0.15) is 96.1 Å². The van der Waals surface area contributed by atoms with Gasteiger partial charge in [0.2, 0.25) is 0 Å². The molecule has 5 rings (SSSR count). The van der Waals surface area contributed by atoms with Gasteiger partial charge in [0.25, 0.3) is 0 Å². The number of alkyl halides is 3. The summed E-state index contributed by atoms with van der Waals surface area (Å²) in [6.07, 6.45) is 4.85. The van der Waals surface area contributed by atoms with Gasteiger partial charge in [0.1, 0.15) is 0 Å². The van der Waals surface area contributed by atoms with Crippen molar-refractivity contribution in [3.05, 3.63) is 35.4 Å². The molecular formula is C30H41F3O3. The van der Waals surface area contributed by atoms with Crippen molar-refractivity contribution in [2.75, 3.05) is 0 Å². The highest BCUT2D eigenvalue weighted by atomic mass is 19.4. The van der Waals surface area contributed by atoms with E-state index >= 15 is 0 Å². The molecule has 6 heteroatoms. The van der Waals surface area contributed by atoms with Crippen molar-refractivity contribution in [1.82, 2.24) is 0 Å². The molecule has 4 fully saturated rings. The van der Waals surface area contributed by atoms with Crippen LogP contribution in [0, 0.1) is 46.3 Å². The monoisotopic (exact) mass is 506 g/mol. The summed E-state index contributed by atoms with van der Waals surface area (Å²) >= 11 is 0. The Hall–Kier alpha value is -1.56. The minimum Gasteiger partial charge on any atom is -0.481 e. The van der Waals surface area contributed by atoms with Crippen molar-refractivity contribution in [2.45, 2.75) is 96.8 Å². The van der Waals surface area contributed by atoms with Crippen molar-refractivity contribution in [3.63, 3.8) is 0 Å². The normalized spacial score (nSPS) is 43.2. The van der Waals surface area contributed by atoms with Gasteiger partial charge in [0, 0.05) is 6.42 Å². The molecule has 4 aliphatic carbocycles. The lowest BCUT2D eigenvalue weighted by Gasteiger charge is -2.62. The largest absolute Gasteiger partial charge is 0.481 e. The maximum Gasteiger partial charge on any atom is 0.416 e. The molecule has 2 N–H and O–H groups in total. The maximum atomic E-state index is 13.0. The highest BCUT2D eigenvalue weighted by molar-refractivity contribution is 5.67. The summed E-state index contributed by atoms with van der Waals surface area (Å²) in [5.74, 6) is 2.26. The van der Waals surface area contributed by atoms with Crippen LogP contribution in [0.5, 0.6) is 0 Å². The van der Waals surface area contributed by atoms with Crippen molar-refractivity contribution in [3.8, 4) is 0 Å². The van der Waals surface area contributed by atoms with Gasteiger partial charge in [0.15, 0.2) is 0 Å². The van der Waals surface area contributed by atoms with Gasteiger partial charge < -0.3 is 10.2 Å². The number of carboxylic acid groups (broad SMARTS) is 1. The highest BCUT2D eigenvalue weighted by Crippen LogP contribution is 2.69. The van der Waals surface area contributed by atoms with E-state index < -0.39 is 23.3 Å². The molecule has 1 aromatic carbocycles. The molecule has 0 bridgehead atoms. The number of fused-ring (bicyclic) bond motifs is 5. The zero-order chi connectivity index (χ0) is 26.1. The summed E-state index contributed by atoms with van der Waals surface area (Å²) in [6.45, 7) is 6.98. The number of aliphatic hydroxyl groups is 1. The van der Waals surface area contributed by atoms with Gasteiger partial charge in [0.05, 0.1) is 11.2 Å². The molecule has 9 atom stereocenters. The number of hydrogen-bond acceptors (Lipinski definition) is 2. The maximum absolute atomic E-state index is 13.0. The van der Waals surface area contributed by atoms with Gasteiger partial charge in [-0.3, -0.25) is 4.79 Å². The highest BCUT2D eigenvalue weighted by Gasteiger charge is 2.61. The summed E-state index contributed by atoms with van der Waals surface area (Å²) in [7, 11) is 0. The second-order valence-corrected chi connectivity index (χ2v) is 13.3. The number of halogens is 3. The molecule has 0 aromatic heterocycles. The molecule has 1 aromatic rings. The fourth-order valence-electron chi connectivity index (χ4n) is 9.87. The van der Waals surface area contributed by atoms with Crippen LogP contribution in [0.3, 0.4) is 0 Å². The third-order valence-corrected chi connectivity index (χ3v) is 11.7. The van der Waals surface area contributed by atoms with Crippen LogP contribution in [0.15, 0.2) is 24.3 Å². The average molecular weight is 507 g/mol. The molecule has 36 heavy (non-hydrogen) atoms. The second kappa shape index (κ2) is 8.74. The Morgan fingerprint density at radius 3 is 2.28 bits per heavy atom. The quantitative estimate of drug-likeness (QED) is 0.441. The van der Waals surface area contributed by atoms with E-state index in [-0.39, 0.29) is 23.2 Å². The van der Waals surface area contributed by atoms with Crippen LogP contribution in [0.2, 0.25) is 0 Å². The van der Waals surface area contributed by atoms with E-state index in [1.807, 2.05) is 0 Å². The molecule has 0 unspecified atom stereocenters. The van der Waals surface area contributed by atoms with Crippen LogP contribution in [0.25, 0.3) is 0 Å². The van der Waals surface area contributed by atoms with E-state index in [0.717, 1.165) is 44.2 Å². The first-order chi connectivity index (χ1) is 16.8. The van der Waals surface area contributed by atoms with Crippen molar-refractivity contribution in [1.29, 1.82) is 0 Å². The predicted octanol–water partition coefficient (Wildman–Crippen LogP) is 7.66. The van der Waals surface area contributed by atoms with Gasteiger partial charge in [-0.1, -0.05) is 32.9 Å². The van der Waals surface area contributed by atoms with E-state index in [1.54, 1.807) is 0 Å². The molecule has 0 spiro atoms. The van der Waals surface area contributed by atoms with Crippen LogP contribution in [0.4, 0.5) is 13.2 Å². The molecular weight excluding hydrogens is 465 g/mol. The summed E-state index contributed by atoms with van der Waals surface area (Å²) in [6, 6.07) is 5.14. The first-order valence-corrected chi connectivity index (χ1v) is 13.9. The molecule has 0 amide bonds. The van der Waals surface area contributed by atoms with Crippen LogP contribution in [-0.4, -0.2) is 16.2 Å². The Labute approximate surface area is 212 Å². The number of carboxylic acids is 1. The molecule has 0 saturated heterocycles. The molecule has 4 aliphatic rings. The van der Waals surface area contributed by atoms with Crippen LogP contribution in [-0.2, 0) is 16.6 Å². The van der Waals surface area contributed by atoms with Gasteiger partial charge in [-0.2, -0.15) is 13.2 Å². The number of benzene rings is 1. The van der Waals surface area contributed by atoms with E-state index in [9.17, 15) is 28.2 Å². The zero-order valence-corrected chi connectivity index (χ0v) is 21.8. The lowest BCUT2D eigenvalue weighted by molar-refractivity contribution is -0.155. The third-order valence-electron chi connectivity index (χ3n) is 11.7. The minimum absolute atomic E-state index is 0.146. The number of aliphatic carboxylic acids is 1. The Morgan fingerprint density at radius 1 is 0.972 bits per heavy atom. The first kappa shape index (κ1) is 26.1. The van der Waals surface area contributed by atoms with E-state index in [2.05, 4.69) is 20.8 Å². The van der Waals surface area contributed by atoms with Gasteiger partial charge in [-0.25, -0.2) is 0 Å². The summed E-state index contributed by atoms with van der Waals surface area (Å²) in [5, 5.41) is 21.0. The van der Waals surface area contributed by atoms with Crippen molar-refractivity contribution in [2.24, 2.45) is 46.3 Å². The Morgan fingerprint density at radius 2 is 1.64 bits per heavy atom. The van der Waals surface area contributed by atoms with Gasteiger partial charge >= 0.3 is 12.1 Å². The topological polar surface area (TPSA) is 57.5 Å². The van der Waals surface area contributed by atoms with E-state index in [0.29, 0.717) is 48.0 Å². The summed E-state index contributed by atoms with van der Waals surface area (Å²) in [5.41, 5.74) is -0.757. The van der Waals surface area contributed by atoms with E-state index in [1.165, 1.54) is 25.0 Å². The summed E-state index contributed by atoms with van der Waals surface area (Å²) < 4.78 is 39.1. The Balaban J connectivity index is 1.33. The van der Waals surface area contributed by atoms with Crippen molar-refractivity contribution < 1.29 is 28.2 Å². The second-order valence-electron chi connectivity index (χ2n) is 13.3. The van der Waals surface area contributed by atoms with Crippen LogP contribution >= 0.6 is 0 Å². The molecule has 0 radical (unpaired) electrons. The first-order valence-electron chi connectivity index (χ1n) is 13.9. The number of hydrogen-bond donors (Lipinski definition) is 2. The molecule has 200 valence electrons. The molecule has 3 nitrogen and oxygen atoms in total. The fourth-order valence-corrected chi connectivity index (χ4v) is 9.87. The molecule has 0 aliphatic heterocycles. The standard InChI is InChI=1S/C30H41F3O3/c1-18(16-26(34)35)23-10-11-24-22-9-8-21-17-29(36,19-4-6-20(7-5-19)30(31,32)33)15-14-27(21,2)25(22)12-13-28(23,24)3/h4-7,18,21-25,36H,8-17H2,1-3H3,(H,34,35)/t18-,21-,22+,23-,24+,25+,27+,28-,29+/m1/s1. The lowest BCUT2D eigenvalue weighted by atomic mass is 9.43.